The van der Waals surface area contributed by atoms with Crippen LogP contribution in [0.5, 0.6) is 5.75 Å². The maximum absolute atomic E-state index is 5.94. The van der Waals surface area contributed by atoms with E-state index in [1.165, 1.54) is 32.1 Å². The van der Waals surface area contributed by atoms with Gasteiger partial charge in [0.15, 0.2) is 0 Å². The Morgan fingerprint density at radius 3 is 2.59 bits per heavy atom. The Hall–Kier alpha value is -0.760. The Bertz CT molecular complexity index is 331. The van der Waals surface area contributed by atoms with Gasteiger partial charge in [0, 0.05) is 0 Å². The molecule has 0 aromatic carbocycles. The summed E-state index contributed by atoms with van der Waals surface area (Å²) in [4.78, 5) is 4.24. The molecule has 3 heteroatoms. The van der Waals surface area contributed by atoms with E-state index in [4.69, 9.17) is 16.3 Å². The van der Waals surface area contributed by atoms with Crippen molar-refractivity contribution >= 4 is 11.6 Å². The van der Waals surface area contributed by atoms with Crippen LogP contribution in [0.3, 0.4) is 0 Å². The second-order valence-corrected chi connectivity index (χ2v) is 5.05. The average molecular weight is 254 g/mol. The molecule has 0 saturated heterocycles. The fourth-order valence-electron chi connectivity index (χ4n) is 2.41. The van der Waals surface area contributed by atoms with Gasteiger partial charge in [-0.1, -0.05) is 13.3 Å². The Balaban J connectivity index is 1.84. The number of halogens is 1. The van der Waals surface area contributed by atoms with Crippen molar-refractivity contribution < 1.29 is 4.74 Å². The predicted molar refractivity (Wildman–Crippen MR) is 70.5 cm³/mol. The van der Waals surface area contributed by atoms with Gasteiger partial charge in [-0.25, -0.2) is 0 Å². The number of hydrogen-bond donors (Lipinski definition) is 0. The number of aromatic nitrogens is 1. The highest BCUT2D eigenvalue weighted by atomic mass is 35.5. The zero-order valence-corrected chi connectivity index (χ0v) is 11.1. The van der Waals surface area contributed by atoms with E-state index in [9.17, 15) is 0 Å². The highest BCUT2D eigenvalue weighted by molar-refractivity contribution is 6.16. The van der Waals surface area contributed by atoms with Crippen LogP contribution >= 0.6 is 11.6 Å². The second kappa shape index (κ2) is 6.25. The molecule has 1 aromatic rings. The predicted octanol–water partition coefficient (Wildman–Crippen LogP) is 4.17. The third kappa shape index (κ3) is 3.60. The molecule has 2 nitrogen and oxygen atoms in total. The first kappa shape index (κ1) is 12.7. The van der Waals surface area contributed by atoms with Crippen LogP contribution in [-0.4, -0.2) is 11.1 Å². The molecule has 1 heterocycles. The summed E-state index contributed by atoms with van der Waals surface area (Å²) in [5.74, 6) is 2.24. The SMILES string of the molecule is CCC1CCC(Oc2ccc(CCl)nc2)CC1. The third-order valence-electron chi connectivity index (χ3n) is 3.61. The lowest BCUT2D eigenvalue weighted by Crippen LogP contribution is -2.23. The van der Waals surface area contributed by atoms with Gasteiger partial charge in [-0.2, -0.15) is 0 Å². The van der Waals surface area contributed by atoms with Gasteiger partial charge < -0.3 is 4.74 Å². The standard InChI is InChI=1S/C14H20ClNO/c1-2-11-3-6-13(7-4-11)17-14-8-5-12(9-15)16-10-14/h5,8,10-11,13H,2-4,6-7,9H2,1H3. The van der Waals surface area contributed by atoms with Crippen molar-refractivity contribution in [3.05, 3.63) is 24.0 Å². The molecule has 0 radical (unpaired) electrons. The maximum Gasteiger partial charge on any atom is 0.138 e. The molecule has 94 valence electrons. The average Bonchev–Trinajstić information content (AvgIpc) is 2.40. The van der Waals surface area contributed by atoms with E-state index in [2.05, 4.69) is 11.9 Å². The van der Waals surface area contributed by atoms with E-state index in [-0.39, 0.29) is 0 Å². The number of hydrogen-bond acceptors (Lipinski definition) is 2. The normalized spacial score (nSPS) is 24.6. The number of rotatable bonds is 4. The first-order valence-corrected chi connectivity index (χ1v) is 7.02. The van der Waals surface area contributed by atoms with Crippen molar-refractivity contribution in [2.24, 2.45) is 5.92 Å². The van der Waals surface area contributed by atoms with Crippen LogP contribution in [-0.2, 0) is 5.88 Å². The molecule has 1 aliphatic carbocycles. The van der Waals surface area contributed by atoms with Crippen LogP contribution in [0.4, 0.5) is 0 Å². The zero-order valence-electron chi connectivity index (χ0n) is 10.4. The quantitative estimate of drug-likeness (QED) is 0.752. The summed E-state index contributed by atoms with van der Waals surface area (Å²) in [5, 5.41) is 0. The monoisotopic (exact) mass is 253 g/mol. The molecule has 1 aromatic heterocycles. The molecule has 1 fully saturated rings. The van der Waals surface area contributed by atoms with Gasteiger partial charge in [-0.05, 0) is 43.7 Å². The van der Waals surface area contributed by atoms with Gasteiger partial charge >= 0.3 is 0 Å². The molecule has 0 unspecified atom stereocenters. The van der Waals surface area contributed by atoms with E-state index >= 15 is 0 Å². The lowest BCUT2D eigenvalue weighted by molar-refractivity contribution is 0.129. The number of pyridine rings is 1. The molecule has 1 aliphatic rings. The molecule has 1 saturated carbocycles. The van der Waals surface area contributed by atoms with E-state index < -0.39 is 0 Å². The second-order valence-electron chi connectivity index (χ2n) is 4.79. The number of alkyl halides is 1. The fourth-order valence-corrected chi connectivity index (χ4v) is 2.57. The Morgan fingerprint density at radius 2 is 2.06 bits per heavy atom. The van der Waals surface area contributed by atoms with Crippen molar-refractivity contribution in [3.63, 3.8) is 0 Å². The molecule has 0 amide bonds. The van der Waals surface area contributed by atoms with Crippen molar-refractivity contribution in [1.82, 2.24) is 4.98 Å². The summed E-state index contributed by atoms with van der Waals surface area (Å²) >= 11 is 5.70. The third-order valence-corrected chi connectivity index (χ3v) is 3.88. The summed E-state index contributed by atoms with van der Waals surface area (Å²) in [6.45, 7) is 2.28. The lowest BCUT2D eigenvalue weighted by Gasteiger charge is -2.28. The molecule has 2 rings (SSSR count). The van der Waals surface area contributed by atoms with Crippen molar-refractivity contribution in [1.29, 1.82) is 0 Å². The molecule has 0 atom stereocenters. The van der Waals surface area contributed by atoms with Gasteiger partial charge in [0.25, 0.3) is 0 Å². The van der Waals surface area contributed by atoms with Crippen LogP contribution in [0.15, 0.2) is 18.3 Å². The zero-order chi connectivity index (χ0) is 12.1. The van der Waals surface area contributed by atoms with Gasteiger partial charge in [0.05, 0.1) is 23.9 Å². The molecule has 0 bridgehead atoms. The summed E-state index contributed by atoms with van der Waals surface area (Å²) in [7, 11) is 0. The number of ether oxygens (including phenoxy) is 1. The highest BCUT2D eigenvalue weighted by Gasteiger charge is 2.21. The smallest absolute Gasteiger partial charge is 0.138 e. The van der Waals surface area contributed by atoms with Crippen LogP contribution < -0.4 is 4.74 Å². The van der Waals surface area contributed by atoms with Crippen LogP contribution in [0, 0.1) is 5.92 Å². The van der Waals surface area contributed by atoms with E-state index in [0.717, 1.165) is 17.4 Å². The fraction of sp³-hybridized carbons (Fsp3) is 0.643. The van der Waals surface area contributed by atoms with Crippen molar-refractivity contribution in [2.75, 3.05) is 0 Å². The number of nitrogens with zero attached hydrogens (tertiary/aromatic N) is 1. The summed E-state index contributed by atoms with van der Waals surface area (Å²) in [6.07, 6.45) is 8.41. The first-order chi connectivity index (χ1) is 8.31. The van der Waals surface area contributed by atoms with E-state index in [0.29, 0.717) is 12.0 Å². The minimum Gasteiger partial charge on any atom is -0.489 e. The maximum atomic E-state index is 5.94. The van der Waals surface area contributed by atoms with Gasteiger partial charge in [0.1, 0.15) is 5.75 Å². The molecular formula is C14H20ClNO. The topological polar surface area (TPSA) is 22.1 Å². The van der Waals surface area contributed by atoms with Crippen LogP contribution in [0.1, 0.15) is 44.7 Å². The van der Waals surface area contributed by atoms with Gasteiger partial charge in [0.2, 0.25) is 0 Å². The minimum absolute atomic E-state index is 0.376. The van der Waals surface area contributed by atoms with Crippen molar-refractivity contribution in [3.8, 4) is 5.75 Å². The molecule has 17 heavy (non-hydrogen) atoms. The lowest BCUT2D eigenvalue weighted by atomic mass is 9.86. The summed E-state index contributed by atoms with van der Waals surface area (Å²) in [5.41, 5.74) is 0.897. The molecule has 0 N–H and O–H groups in total. The molecule has 0 spiro atoms. The van der Waals surface area contributed by atoms with Gasteiger partial charge in [-0.3, -0.25) is 4.98 Å². The Kier molecular flexibility index (Phi) is 4.66. The molecular weight excluding hydrogens is 234 g/mol. The summed E-state index contributed by atoms with van der Waals surface area (Å²) < 4.78 is 5.94. The van der Waals surface area contributed by atoms with Gasteiger partial charge in [-0.15, -0.1) is 11.6 Å². The largest absolute Gasteiger partial charge is 0.489 e. The Labute approximate surface area is 108 Å². The van der Waals surface area contributed by atoms with E-state index in [1.54, 1.807) is 6.20 Å². The Morgan fingerprint density at radius 1 is 1.29 bits per heavy atom. The minimum atomic E-state index is 0.376. The van der Waals surface area contributed by atoms with E-state index in [1.807, 2.05) is 12.1 Å². The highest BCUT2D eigenvalue weighted by Crippen LogP contribution is 2.29. The first-order valence-electron chi connectivity index (χ1n) is 6.49. The van der Waals surface area contributed by atoms with Crippen LogP contribution in [0.25, 0.3) is 0 Å². The van der Waals surface area contributed by atoms with Crippen LogP contribution in [0.2, 0.25) is 0 Å². The van der Waals surface area contributed by atoms with Crippen molar-refractivity contribution in [2.45, 2.75) is 51.0 Å². The molecule has 0 aliphatic heterocycles. The summed E-state index contributed by atoms with van der Waals surface area (Å²) in [6, 6.07) is 3.90.